The molecule has 1 aliphatic heterocycles. The molecule has 3 nitrogen and oxygen atoms in total. The molecule has 0 aliphatic carbocycles. The third-order valence-electron chi connectivity index (χ3n) is 5.20. The molecule has 0 spiro atoms. The van der Waals surface area contributed by atoms with Gasteiger partial charge in [-0.2, -0.15) is 0 Å². The van der Waals surface area contributed by atoms with E-state index in [1.54, 1.807) is 17.1 Å². The number of hydrogen-bond donors (Lipinski definition) is 0. The van der Waals surface area contributed by atoms with Crippen LogP contribution in [0, 0.1) is 5.92 Å². The SMILES string of the molecule is C=C/C=C(\C=C)C(C)N1CC(CCOS(C)(C)C(C)(C)C)C(F)C1=O. The van der Waals surface area contributed by atoms with E-state index in [-0.39, 0.29) is 16.7 Å². The van der Waals surface area contributed by atoms with E-state index >= 15 is 0 Å². The van der Waals surface area contributed by atoms with Gasteiger partial charge in [-0.1, -0.05) is 52.2 Å². The van der Waals surface area contributed by atoms with Crippen LogP contribution in [0.1, 0.15) is 34.1 Å². The maximum atomic E-state index is 14.5. The first-order valence-corrected chi connectivity index (χ1v) is 11.1. The number of rotatable bonds is 8. The van der Waals surface area contributed by atoms with Crippen LogP contribution >= 0.6 is 10.3 Å². The Hall–Kier alpha value is -1.07. The summed E-state index contributed by atoms with van der Waals surface area (Å²) >= 11 is 0. The topological polar surface area (TPSA) is 29.5 Å². The lowest BCUT2D eigenvalue weighted by Crippen LogP contribution is -2.37. The summed E-state index contributed by atoms with van der Waals surface area (Å²) in [6.07, 6.45) is 8.52. The molecule has 1 rings (SSSR count). The molecule has 0 aromatic heterocycles. The zero-order valence-corrected chi connectivity index (χ0v) is 17.4. The van der Waals surface area contributed by atoms with Gasteiger partial charge in [-0.05, 0) is 31.4 Å². The molecular weight excluding hydrogens is 337 g/mol. The predicted molar refractivity (Wildman–Crippen MR) is 108 cm³/mol. The van der Waals surface area contributed by atoms with E-state index in [4.69, 9.17) is 4.18 Å². The van der Waals surface area contributed by atoms with Crippen LogP contribution in [0.5, 0.6) is 0 Å². The van der Waals surface area contributed by atoms with Crippen molar-refractivity contribution in [1.82, 2.24) is 4.90 Å². The molecule has 3 atom stereocenters. The van der Waals surface area contributed by atoms with Gasteiger partial charge in [0.15, 0.2) is 6.17 Å². The number of carbonyl (C=O) groups is 1. The second-order valence-electron chi connectivity index (χ2n) is 7.89. The molecule has 5 heteroatoms. The number of nitrogens with zero attached hydrogens (tertiary/aromatic N) is 1. The van der Waals surface area contributed by atoms with Crippen molar-refractivity contribution < 1.29 is 13.4 Å². The molecule has 0 N–H and O–H groups in total. The van der Waals surface area contributed by atoms with Crippen molar-refractivity contribution in [2.75, 3.05) is 25.7 Å². The van der Waals surface area contributed by atoms with Crippen LogP contribution in [0.2, 0.25) is 0 Å². The second-order valence-corrected chi connectivity index (χ2v) is 11.8. The van der Waals surface area contributed by atoms with Gasteiger partial charge in [0.25, 0.3) is 5.91 Å². The van der Waals surface area contributed by atoms with E-state index in [0.717, 1.165) is 5.57 Å². The molecule has 144 valence electrons. The van der Waals surface area contributed by atoms with Crippen LogP contribution in [0.4, 0.5) is 4.39 Å². The fourth-order valence-electron chi connectivity index (χ4n) is 2.66. The van der Waals surface area contributed by atoms with Crippen LogP contribution < -0.4 is 0 Å². The Morgan fingerprint density at radius 1 is 1.44 bits per heavy atom. The van der Waals surface area contributed by atoms with Crippen molar-refractivity contribution in [3.05, 3.63) is 37.0 Å². The molecule has 25 heavy (non-hydrogen) atoms. The van der Waals surface area contributed by atoms with E-state index in [2.05, 4.69) is 46.4 Å². The number of hydrogen-bond acceptors (Lipinski definition) is 2. The molecule has 1 heterocycles. The third-order valence-corrected chi connectivity index (χ3v) is 8.91. The predicted octanol–water partition coefficient (Wildman–Crippen LogP) is 4.65. The number of amides is 1. The minimum absolute atomic E-state index is 0.0719. The molecule has 1 saturated heterocycles. The largest absolute Gasteiger partial charge is 0.337 e. The van der Waals surface area contributed by atoms with Crippen LogP contribution in [0.15, 0.2) is 37.0 Å². The summed E-state index contributed by atoms with van der Waals surface area (Å²) in [5.74, 6) is -0.753. The number of likely N-dealkylation sites (tertiary alicyclic amines) is 1. The van der Waals surface area contributed by atoms with Crippen molar-refractivity contribution in [3.8, 4) is 0 Å². The average Bonchev–Trinajstić information content (AvgIpc) is 2.79. The van der Waals surface area contributed by atoms with Gasteiger partial charge in [0.2, 0.25) is 0 Å². The molecule has 0 aromatic carbocycles. The number of carbonyl (C=O) groups excluding carboxylic acids is 1. The first kappa shape index (κ1) is 22.0. The lowest BCUT2D eigenvalue weighted by atomic mass is 10.0. The minimum Gasteiger partial charge on any atom is -0.337 e. The highest BCUT2D eigenvalue weighted by atomic mass is 32.3. The Balaban J connectivity index is 2.70. The molecule has 3 unspecified atom stereocenters. The molecule has 0 bridgehead atoms. The summed E-state index contributed by atoms with van der Waals surface area (Å²) in [5, 5.41) is 0. The molecule has 1 fully saturated rings. The smallest absolute Gasteiger partial charge is 0.257 e. The van der Waals surface area contributed by atoms with E-state index in [1.807, 2.05) is 13.0 Å². The molecule has 1 aliphatic rings. The number of allylic oxidation sites excluding steroid dienone is 2. The highest BCUT2D eigenvalue weighted by Gasteiger charge is 2.43. The summed E-state index contributed by atoms with van der Waals surface area (Å²) in [6, 6.07) is -0.205. The molecule has 0 aromatic rings. The zero-order chi connectivity index (χ0) is 19.4. The summed E-state index contributed by atoms with van der Waals surface area (Å²) in [6.45, 7) is 16.7. The highest BCUT2D eigenvalue weighted by molar-refractivity contribution is 8.29. The van der Waals surface area contributed by atoms with E-state index in [0.29, 0.717) is 19.6 Å². The summed E-state index contributed by atoms with van der Waals surface area (Å²) in [5.41, 5.74) is 0.866. The van der Waals surface area contributed by atoms with Crippen LogP contribution in [0.3, 0.4) is 0 Å². The van der Waals surface area contributed by atoms with Crippen molar-refractivity contribution in [2.24, 2.45) is 5.92 Å². The normalized spacial score (nSPS) is 24.4. The standard InChI is InChI=1S/C20H34FNO2S/c1-9-11-16(10-2)15(3)22-14-17(18(21)19(22)23)12-13-24-25(7,8)20(4,5)6/h9-11,15,17-18H,1-2,12-14H2,3-8H3/b16-11+. The average molecular weight is 372 g/mol. The molecule has 1 amide bonds. The maximum absolute atomic E-state index is 14.5. The monoisotopic (exact) mass is 371 g/mol. The Kier molecular flexibility index (Phi) is 7.51. The highest BCUT2D eigenvalue weighted by Crippen LogP contribution is 2.53. The van der Waals surface area contributed by atoms with Crippen molar-refractivity contribution in [1.29, 1.82) is 0 Å². The summed E-state index contributed by atoms with van der Waals surface area (Å²) < 4.78 is 20.7. The van der Waals surface area contributed by atoms with Gasteiger partial charge in [0.05, 0.1) is 12.6 Å². The Bertz CT molecular complexity index is 536. The van der Waals surface area contributed by atoms with Gasteiger partial charge in [-0.25, -0.2) is 4.39 Å². The minimum atomic E-state index is -1.45. The van der Waals surface area contributed by atoms with Gasteiger partial charge in [-0.15, -0.1) is 10.3 Å². The maximum Gasteiger partial charge on any atom is 0.257 e. The summed E-state index contributed by atoms with van der Waals surface area (Å²) in [7, 11) is -1.23. The first-order valence-electron chi connectivity index (χ1n) is 8.73. The fraction of sp³-hybridized carbons (Fsp3) is 0.650. The van der Waals surface area contributed by atoms with Crippen molar-refractivity contribution >= 4 is 16.2 Å². The second kappa shape index (κ2) is 8.54. The lowest BCUT2D eigenvalue weighted by Gasteiger charge is -2.43. The fourth-order valence-corrected chi connectivity index (χ4v) is 3.53. The van der Waals surface area contributed by atoms with Gasteiger partial charge >= 0.3 is 0 Å². The van der Waals surface area contributed by atoms with E-state index < -0.39 is 22.4 Å². The number of halogens is 1. The number of alkyl halides is 1. The van der Waals surface area contributed by atoms with Gasteiger partial charge in [-0.3, -0.25) is 4.79 Å². The molecular formula is C20H34FNO2S. The Morgan fingerprint density at radius 2 is 2.04 bits per heavy atom. The quantitative estimate of drug-likeness (QED) is 0.581. The first-order chi connectivity index (χ1) is 11.5. The van der Waals surface area contributed by atoms with Crippen molar-refractivity contribution in [2.45, 2.75) is 51.1 Å². The Labute approximate surface area is 154 Å². The third kappa shape index (κ3) is 5.20. The van der Waals surface area contributed by atoms with Crippen LogP contribution in [0.25, 0.3) is 0 Å². The van der Waals surface area contributed by atoms with Crippen LogP contribution in [-0.4, -0.2) is 53.4 Å². The van der Waals surface area contributed by atoms with E-state index in [9.17, 15) is 9.18 Å². The Morgan fingerprint density at radius 3 is 2.52 bits per heavy atom. The van der Waals surface area contributed by atoms with E-state index in [1.165, 1.54) is 0 Å². The lowest BCUT2D eigenvalue weighted by molar-refractivity contribution is -0.133. The van der Waals surface area contributed by atoms with Crippen LogP contribution in [-0.2, 0) is 8.98 Å². The van der Waals surface area contributed by atoms with Crippen molar-refractivity contribution in [3.63, 3.8) is 0 Å². The zero-order valence-electron chi connectivity index (χ0n) is 16.5. The molecule has 0 radical (unpaired) electrons. The van der Waals surface area contributed by atoms with Gasteiger partial charge in [0, 0.05) is 17.2 Å². The van der Waals surface area contributed by atoms with Gasteiger partial charge < -0.3 is 9.08 Å². The van der Waals surface area contributed by atoms with Gasteiger partial charge in [0.1, 0.15) is 0 Å². The molecule has 0 saturated carbocycles. The summed E-state index contributed by atoms with van der Waals surface area (Å²) in [4.78, 5) is 13.9.